The molecule has 0 amide bonds. The molecule has 2 aliphatic rings. The third-order valence-corrected chi connectivity index (χ3v) is 3.87. The molecule has 4 nitrogen and oxygen atoms in total. The van der Waals surface area contributed by atoms with Gasteiger partial charge in [0.2, 0.25) is 0 Å². The summed E-state index contributed by atoms with van der Waals surface area (Å²) in [7, 11) is 0. The van der Waals surface area contributed by atoms with E-state index in [0.29, 0.717) is 12.0 Å². The van der Waals surface area contributed by atoms with Crippen molar-refractivity contribution in [3.63, 3.8) is 0 Å². The molecule has 1 fully saturated rings. The zero-order valence-electron chi connectivity index (χ0n) is 9.82. The first-order valence-corrected chi connectivity index (χ1v) is 6.24. The van der Waals surface area contributed by atoms with Gasteiger partial charge in [0.15, 0.2) is 0 Å². The minimum Gasteiger partial charge on any atom is -0.322 e. The van der Waals surface area contributed by atoms with Crippen molar-refractivity contribution in [1.82, 2.24) is 10.9 Å². The van der Waals surface area contributed by atoms with Crippen LogP contribution in [0.3, 0.4) is 0 Å². The van der Waals surface area contributed by atoms with Crippen LogP contribution in [0.5, 0.6) is 0 Å². The van der Waals surface area contributed by atoms with E-state index < -0.39 is 0 Å². The van der Waals surface area contributed by atoms with Gasteiger partial charge in [0.25, 0.3) is 0 Å². The quantitative estimate of drug-likeness (QED) is 0.467. The first kappa shape index (κ1) is 10.6. The molecular weight excluding hydrogens is 212 g/mol. The first-order chi connectivity index (χ1) is 8.38. The Kier molecular flexibility index (Phi) is 2.73. The van der Waals surface area contributed by atoms with Gasteiger partial charge in [-0.1, -0.05) is 24.3 Å². The second-order valence-corrected chi connectivity index (χ2v) is 4.88. The van der Waals surface area contributed by atoms with Crippen molar-refractivity contribution in [2.45, 2.75) is 31.7 Å². The Bertz CT molecular complexity index is 441. The fraction of sp³-hybridized carbons (Fsp3) is 0.462. The summed E-state index contributed by atoms with van der Waals surface area (Å²) < 4.78 is 0. The average Bonchev–Trinajstić information content (AvgIpc) is 2.57. The van der Waals surface area contributed by atoms with Crippen LogP contribution in [-0.4, -0.2) is 5.84 Å². The number of nitrogens with one attached hydrogen (secondary N) is 2. The number of aryl methyl sites for hydroxylation is 1. The predicted octanol–water partition coefficient (Wildman–Crippen LogP) is 1.45. The molecule has 2 unspecified atom stereocenters. The van der Waals surface area contributed by atoms with Crippen LogP contribution in [0.25, 0.3) is 0 Å². The van der Waals surface area contributed by atoms with Gasteiger partial charge in [0.05, 0.1) is 6.04 Å². The van der Waals surface area contributed by atoms with E-state index in [1.54, 1.807) is 0 Å². The highest BCUT2D eigenvalue weighted by Gasteiger charge is 2.31. The Hall–Kier alpha value is -1.55. The molecule has 4 heteroatoms. The van der Waals surface area contributed by atoms with Crippen molar-refractivity contribution >= 4 is 5.84 Å². The van der Waals surface area contributed by atoms with E-state index in [0.717, 1.165) is 12.3 Å². The van der Waals surface area contributed by atoms with E-state index in [9.17, 15) is 0 Å². The zero-order chi connectivity index (χ0) is 11.7. The van der Waals surface area contributed by atoms with E-state index >= 15 is 0 Å². The predicted molar refractivity (Wildman–Crippen MR) is 68.1 cm³/mol. The Morgan fingerprint density at radius 3 is 3.06 bits per heavy atom. The van der Waals surface area contributed by atoms with Crippen LogP contribution in [0, 0.1) is 5.92 Å². The van der Waals surface area contributed by atoms with Gasteiger partial charge in [-0.15, -0.1) is 0 Å². The maximum absolute atomic E-state index is 5.34. The number of amidine groups is 1. The lowest BCUT2D eigenvalue weighted by atomic mass is 9.87. The van der Waals surface area contributed by atoms with Gasteiger partial charge < -0.3 is 11.3 Å². The van der Waals surface area contributed by atoms with Crippen LogP contribution in [-0.2, 0) is 6.42 Å². The molecule has 0 saturated carbocycles. The average molecular weight is 230 g/mol. The first-order valence-electron chi connectivity index (χ1n) is 6.24. The molecule has 3 rings (SSSR count). The van der Waals surface area contributed by atoms with Crippen LogP contribution in [0.2, 0.25) is 0 Å². The minimum absolute atomic E-state index is 0.388. The molecule has 1 aliphatic heterocycles. The topological polar surface area (TPSA) is 62.4 Å². The molecule has 1 aliphatic carbocycles. The lowest BCUT2D eigenvalue weighted by molar-refractivity contribution is 0.308. The third kappa shape index (κ3) is 1.89. The largest absolute Gasteiger partial charge is 0.322 e. The number of fused-ring (bicyclic) bond motifs is 3. The van der Waals surface area contributed by atoms with Gasteiger partial charge >= 0.3 is 0 Å². The molecule has 90 valence electrons. The lowest BCUT2D eigenvalue weighted by Gasteiger charge is -2.33. The van der Waals surface area contributed by atoms with Gasteiger partial charge in [0, 0.05) is 6.42 Å². The summed E-state index contributed by atoms with van der Waals surface area (Å²) in [5.41, 5.74) is 9.37. The molecule has 2 atom stereocenters. The number of nitrogens with zero attached hydrogens (tertiary/aromatic N) is 1. The Morgan fingerprint density at radius 2 is 2.18 bits per heavy atom. The van der Waals surface area contributed by atoms with Gasteiger partial charge in [-0.05, 0) is 36.3 Å². The Labute approximate surface area is 101 Å². The summed E-state index contributed by atoms with van der Waals surface area (Å²) in [4.78, 5) is 0. The molecule has 0 aromatic heterocycles. The Morgan fingerprint density at radius 1 is 1.29 bits per heavy atom. The maximum Gasteiger partial charge on any atom is 0.136 e. The summed E-state index contributed by atoms with van der Waals surface area (Å²) in [6.45, 7) is 0. The molecule has 0 spiro atoms. The van der Waals surface area contributed by atoms with E-state index in [-0.39, 0.29) is 0 Å². The van der Waals surface area contributed by atoms with Crippen LogP contribution in [0.4, 0.5) is 0 Å². The maximum atomic E-state index is 5.34. The van der Waals surface area contributed by atoms with Gasteiger partial charge in [0.1, 0.15) is 5.84 Å². The number of benzene rings is 1. The van der Waals surface area contributed by atoms with Crippen molar-refractivity contribution in [2.75, 3.05) is 0 Å². The van der Waals surface area contributed by atoms with Gasteiger partial charge in [-0.25, -0.2) is 5.43 Å². The second-order valence-electron chi connectivity index (χ2n) is 4.88. The monoisotopic (exact) mass is 230 g/mol. The molecule has 1 aromatic carbocycles. The van der Waals surface area contributed by atoms with E-state index in [4.69, 9.17) is 5.84 Å². The molecule has 1 saturated heterocycles. The molecule has 1 heterocycles. The zero-order valence-corrected chi connectivity index (χ0v) is 9.82. The summed E-state index contributed by atoms with van der Waals surface area (Å²) in [5, 5.41) is 3.77. The molecule has 0 bridgehead atoms. The number of hydrogen-bond acceptors (Lipinski definition) is 3. The second kappa shape index (κ2) is 4.37. The van der Waals surface area contributed by atoms with Crippen LogP contribution >= 0.6 is 0 Å². The molecular formula is C13H18N4. The molecule has 1 aromatic rings. The van der Waals surface area contributed by atoms with Crippen molar-refractivity contribution in [3.8, 4) is 0 Å². The normalized spacial score (nSPS) is 30.0. The number of nitrogens with two attached hydrogens (primary N) is 1. The number of hydrazine groups is 1. The minimum atomic E-state index is 0.388. The Balaban J connectivity index is 1.94. The lowest BCUT2D eigenvalue weighted by Crippen LogP contribution is -2.49. The van der Waals surface area contributed by atoms with Gasteiger partial charge in [-0.2, -0.15) is 5.10 Å². The number of hydrogen-bond donors (Lipinski definition) is 3. The molecule has 0 radical (unpaired) electrons. The standard InChI is InChI=1S/C13H18N4/c14-15-12-8-10-6-3-5-9-4-1-2-7-11(9)13(10)17-16-12/h1-2,4,7,10,13,17H,3,5-6,8,14H2,(H,15,16). The van der Waals surface area contributed by atoms with E-state index in [1.807, 2.05) is 0 Å². The number of hydrazone groups is 1. The highest BCUT2D eigenvalue weighted by Crippen LogP contribution is 2.36. The summed E-state index contributed by atoms with van der Waals surface area (Å²) in [6.07, 6.45) is 4.60. The van der Waals surface area contributed by atoms with Gasteiger partial charge in [-0.3, -0.25) is 0 Å². The highest BCUT2D eigenvalue weighted by atomic mass is 15.4. The smallest absolute Gasteiger partial charge is 0.136 e. The SMILES string of the molecule is N/N=C1\CC2CCCc3ccccc3C2NN1. The van der Waals surface area contributed by atoms with Crippen LogP contribution in [0.15, 0.2) is 29.4 Å². The van der Waals surface area contributed by atoms with Crippen LogP contribution < -0.4 is 16.7 Å². The third-order valence-electron chi connectivity index (χ3n) is 3.87. The molecule has 17 heavy (non-hydrogen) atoms. The van der Waals surface area contributed by atoms with Crippen molar-refractivity contribution in [3.05, 3.63) is 35.4 Å². The number of rotatable bonds is 0. The van der Waals surface area contributed by atoms with E-state index in [2.05, 4.69) is 40.2 Å². The molecule has 4 N–H and O–H groups in total. The van der Waals surface area contributed by atoms with Crippen molar-refractivity contribution < 1.29 is 0 Å². The van der Waals surface area contributed by atoms with Crippen molar-refractivity contribution in [1.29, 1.82) is 0 Å². The van der Waals surface area contributed by atoms with E-state index in [1.165, 1.54) is 30.4 Å². The summed E-state index contributed by atoms with van der Waals surface area (Å²) >= 11 is 0. The van der Waals surface area contributed by atoms with Crippen molar-refractivity contribution in [2.24, 2.45) is 16.9 Å². The summed E-state index contributed by atoms with van der Waals surface area (Å²) in [5.74, 6) is 6.81. The fourth-order valence-electron chi connectivity index (χ4n) is 3.00. The summed E-state index contributed by atoms with van der Waals surface area (Å²) in [6, 6.07) is 9.11. The van der Waals surface area contributed by atoms with Crippen LogP contribution in [0.1, 0.15) is 36.4 Å². The fourth-order valence-corrected chi connectivity index (χ4v) is 3.00. The highest BCUT2D eigenvalue weighted by molar-refractivity contribution is 5.82.